The van der Waals surface area contributed by atoms with E-state index in [2.05, 4.69) is 4.98 Å². The Kier molecular flexibility index (Phi) is 2.57. The van der Waals surface area contributed by atoms with Gasteiger partial charge in [-0.15, -0.1) is 0 Å². The zero-order chi connectivity index (χ0) is 11.7. The Morgan fingerprint density at radius 1 is 1.44 bits per heavy atom. The van der Waals surface area contributed by atoms with Crippen LogP contribution in [0.15, 0.2) is 32.6 Å². The van der Waals surface area contributed by atoms with Crippen LogP contribution in [0.2, 0.25) is 0 Å². The van der Waals surface area contributed by atoms with Gasteiger partial charge in [-0.2, -0.15) is 11.3 Å². The molecule has 5 nitrogen and oxygen atoms in total. The monoisotopic (exact) mass is 236 g/mol. The standard InChI is InChI=1S/C10H8N2O3S/c1-6(13)8-4-11-10(15)12(9(8)14)7-2-3-16-5-7/h2-5H,1H3,(H,11,15). The van der Waals surface area contributed by atoms with E-state index in [4.69, 9.17) is 0 Å². The van der Waals surface area contributed by atoms with Crippen molar-refractivity contribution in [1.29, 1.82) is 0 Å². The van der Waals surface area contributed by atoms with Gasteiger partial charge in [0.25, 0.3) is 5.56 Å². The van der Waals surface area contributed by atoms with Crippen LogP contribution in [-0.4, -0.2) is 15.3 Å². The predicted molar refractivity (Wildman–Crippen MR) is 60.5 cm³/mol. The summed E-state index contributed by atoms with van der Waals surface area (Å²) >= 11 is 1.37. The van der Waals surface area contributed by atoms with E-state index >= 15 is 0 Å². The van der Waals surface area contributed by atoms with E-state index in [0.29, 0.717) is 5.69 Å². The summed E-state index contributed by atoms with van der Waals surface area (Å²) in [5.74, 6) is -0.370. The first-order valence-corrected chi connectivity index (χ1v) is 5.44. The molecule has 2 rings (SSSR count). The molecular formula is C10H8N2O3S. The Hall–Kier alpha value is -1.95. The van der Waals surface area contributed by atoms with Crippen molar-refractivity contribution in [3.63, 3.8) is 0 Å². The molecule has 0 amide bonds. The van der Waals surface area contributed by atoms with Gasteiger partial charge in [0.1, 0.15) is 0 Å². The Morgan fingerprint density at radius 2 is 2.19 bits per heavy atom. The number of ketones is 1. The first kappa shape index (κ1) is 10.6. The molecule has 0 atom stereocenters. The zero-order valence-electron chi connectivity index (χ0n) is 8.39. The second kappa shape index (κ2) is 3.90. The minimum atomic E-state index is -0.588. The number of H-pyrrole nitrogens is 1. The summed E-state index contributed by atoms with van der Waals surface area (Å²) in [5, 5.41) is 3.42. The molecule has 0 aliphatic rings. The largest absolute Gasteiger partial charge is 0.333 e. The number of thiophene rings is 1. The number of hydrogen-bond acceptors (Lipinski definition) is 4. The summed E-state index contributed by atoms with van der Waals surface area (Å²) in [4.78, 5) is 36.9. The highest BCUT2D eigenvalue weighted by molar-refractivity contribution is 7.08. The van der Waals surface area contributed by atoms with Crippen LogP contribution in [0.25, 0.3) is 5.69 Å². The number of hydrogen-bond donors (Lipinski definition) is 1. The van der Waals surface area contributed by atoms with Crippen molar-refractivity contribution >= 4 is 17.1 Å². The van der Waals surface area contributed by atoms with Crippen LogP contribution in [-0.2, 0) is 0 Å². The maximum atomic E-state index is 11.9. The Balaban J connectivity index is 2.80. The molecule has 0 saturated heterocycles. The fourth-order valence-corrected chi connectivity index (χ4v) is 1.96. The van der Waals surface area contributed by atoms with E-state index in [9.17, 15) is 14.4 Å². The molecule has 1 N–H and O–H groups in total. The molecule has 0 radical (unpaired) electrons. The molecule has 0 saturated carbocycles. The fraction of sp³-hybridized carbons (Fsp3) is 0.100. The lowest BCUT2D eigenvalue weighted by atomic mass is 10.2. The van der Waals surface area contributed by atoms with Crippen LogP contribution < -0.4 is 11.2 Å². The van der Waals surface area contributed by atoms with Crippen molar-refractivity contribution in [2.24, 2.45) is 0 Å². The van der Waals surface area contributed by atoms with Crippen molar-refractivity contribution in [1.82, 2.24) is 9.55 Å². The SMILES string of the molecule is CC(=O)c1c[nH]c(=O)n(-c2ccsc2)c1=O. The minimum absolute atomic E-state index is 0.0224. The topological polar surface area (TPSA) is 71.9 Å². The lowest BCUT2D eigenvalue weighted by molar-refractivity contribution is 0.101. The van der Waals surface area contributed by atoms with Gasteiger partial charge in [0.05, 0.1) is 11.3 Å². The summed E-state index contributed by atoms with van der Waals surface area (Å²) in [6.07, 6.45) is 1.15. The van der Waals surface area contributed by atoms with Gasteiger partial charge in [0.15, 0.2) is 5.78 Å². The van der Waals surface area contributed by atoms with E-state index in [-0.39, 0.29) is 11.3 Å². The van der Waals surface area contributed by atoms with Gasteiger partial charge >= 0.3 is 5.69 Å². The van der Waals surface area contributed by atoms with E-state index in [1.807, 2.05) is 0 Å². The molecular weight excluding hydrogens is 228 g/mol. The number of Topliss-reactive ketones (excluding diaryl/α,β-unsaturated/α-hetero) is 1. The molecule has 16 heavy (non-hydrogen) atoms. The molecule has 2 aromatic rings. The van der Waals surface area contributed by atoms with Crippen molar-refractivity contribution in [3.05, 3.63) is 49.4 Å². The van der Waals surface area contributed by atoms with Gasteiger partial charge in [0, 0.05) is 11.6 Å². The minimum Gasteiger partial charge on any atom is -0.313 e. The van der Waals surface area contributed by atoms with Crippen LogP contribution in [0.1, 0.15) is 17.3 Å². The highest BCUT2D eigenvalue weighted by atomic mass is 32.1. The van der Waals surface area contributed by atoms with Gasteiger partial charge in [-0.3, -0.25) is 9.59 Å². The Labute approximate surface area is 94.0 Å². The average molecular weight is 236 g/mol. The van der Waals surface area contributed by atoms with Crippen molar-refractivity contribution < 1.29 is 4.79 Å². The van der Waals surface area contributed by atoms with Crippen LogP contribution in [0.5, 0.6) is 0 Å². The fourth-order valence-electron chi connectivity index (χ4n) is 1.34. The molecule has 2 aromatic heterocycles. The third kappa shape index (κ3) is 1.63. The Bertz CT molecular complexity index is 637. The predicted octanol–water partition coefficient (Wildman–Crippen LogP) is 0.790. The second-order valence-electron chi connectivity index (χ2n) is 3.19. The third-order valence-corrected chi connectivity index (χ3v) is 2.79. The molecule has 82 valence electrons. The normalized spacial score (nSPS) is 10.3. The maximum absolute atomic E-state index is 11.9. The van der Waals surface area contributed by atoms with Crippen LogP contribution in [0.3, 0.4) is 0 Å². The lowest BCUT2D eigenvalue weighted by Gasteiger charge is -2.02. The molecule has 0 bridgehead atoms. The first-order valence-electron chi connectivity index (χ1n) is 4.49. The Morgan fingerprint density at radius 3 is 2.75 bits per heavy atom. The van der Waals surface area contributed by atoms with Gasteiger partial charge in [-0.05, 0) is 18.4 Å². The number of rotatable bonds is 2. The molecule has 0 fully saturated rings. The van der Waals surface area contributed by atoms with Gasteiger partial charge in [-0.1, -0.05) is 0 Å². The summed E-state index contributed by atoms with van der Waals surface area (Å²) in [7, 11) is 0. The van der Waals surface area contributed by atoms with E-state index in [1.165, 1.54) is 18.3 Å². The average Bonchev–Trinajstić information content (AvgIpc) is 2.70. The van der Waals surface area contributed by atoms with Crippen LogP contribution >= 0.6 is 11.3 Å². The molecule has 0 spiro atoms. The summed E-state index contributed by atoms with van der Waals surface area (Å²) in [5.41, 5.74) is -0.687. The van der Waals surface area contributed by atoms with Crippen molar-refractivity contribution in [2.45, 2.75) is 6.92 Å². The summed E-state index contributed by atoms with van der Waals surface area (Å²) in [6, 6.07) is 1.64. The molecule has 0 aliphatic carbocycles. The number of carbonyl (C=O) groups is 1. The number of nitrogens with one attached hydrogen (secondary N) is 1. The molecule has 6 heteroatoms. The number of nitrogens with zero attached hydrogens (tertiary/aromatic N) is 1. The van der Waals surface area contributed by atoms with Crippen LogP contribution in [0, 0.1) is 0 Å². The lowest BCUT2D eigenvalue weighted by Crippen LogP contribution is -2.36. The van der Waals surface area contributed by atoms with Gasteiger partial charge < -0.3 is 4.98 Å². The summed E-state index contributed by atoms with van der Waals surface area (Å²) < 4.78 is 0.952. The first-order chi connectivity index (χ1) is 7.61. The maximum Gasteiger partial charge on any atom is 0.333 e. The van der Waals surface area contributed by atoms with Crippen LogP contribution in [0.4, 0.5) is 0 Å². The number of aromatic nitrogens is 2. The molecule has 0 unspecified atom stereocenters. The highest BCUT2D eigenvalue weighted by Gasteiger charge is 2.12. The number of carbonyl (C=O) groups excluding carboxylic acids is 1. The van der Waals surface area contributed by atoms with E-state index in [1.54, 1.807) is 16.8 Å². The van der Waals surface area contributed by atoms with Crippen molar-refractivity contribution in [2.75, 3.05) is 0 Å². The van der Waals surface area contributed by atoms with Gasteiger partial charge in [-0.25, -0.2) is 9.36 Å². The number of aromatic amines is 1. The van der Waals surface area contributed by atoms with E-state index in [0.717, 1.165) is 10.8 Å². The highest BCUT2D eigenvalue weighted by Crippen LogP contribution is 2.07. The molecule has 0 aliphatic heterocycles. The quantitative estimate of drug-likeness (QED) is 0.783. The van der Waals surface area contributed by atoms with E-state index < -0.39 is 11.2 Å². The van der Waals surface area contributed by atoms with Crippen molar-refractivity contribution in [3.8, 4) is 5.69 Å². The van der Waals surface area contributed by atoms with Gasteiger partial charge in [0.2, 0.25) is 0 Å². The molecule has 0 aromatic carbocycles. The zero-order valence-corrected chi connectivity index (χ0v) is 9.21. The molecule has 2 heterocycles. The smallest absolute Gasteiger partial charge is 0.313 e. The summed E-state index contributed by atoms with van der Waals surface area (Å²) in [6.45, 7) is 1.28. The third-order valence-electron chi connectivity index (χ3n) is 2.12. The second-order valence-corrected chi connectivity index (χ2v) is 3.97.